The van der Waals surface area contributed by atoms with Gasteiger partial charge in [-0.2, -0.15) is 40.2 Å². The maximum Gasteiger partial charge on any atom is 0.407 e. The fourth-order valence-electron chi connectivity index (χ4n) is 10.2. The second-order valence-electron chi connectivity index (χ2n) is 23.0. The van der Waals surface area contributed by atoms with Gasteiger partial charge in [-0.25, -0.2) is 38.0 Å². The smallest absolute Gasteiger partial charge is 0.407 e. The molecule has 0 radical (unpaired) electrons. The van der Waals surface area contributed by atoms with Crippen molar-refractivity contribution in [2.24, 2.45) is 22.5 Å². The number of methoxy groups -OCH3 is 2. The Morgan fingerprint density at radius 3 is 1.91 bits per heavy atom. The molecule has 7 atom stereocenters. The molecule has 2 bridgehead atoms. The molecule has 2 aromatic carbocycles. The Hall–Kier alpha value is -7.33. The van der Waals surface area contributed by atoms with Gasteiger partial charge in [0.15, 0.2) is 0 Å². The fourth-order valence-corrected chi connectivity index (χ4v) is 10.2. The van der Waals surface area contributed by atoms with Gasteiger partial charge in [-0.1, -0.05) is 37.8 Å². The minimum atomic E-state index is -5.24. The molecule has 3 saturated heterocycles. The number of hydrogen-bond donors (Lipinski definition) is 5. The number of rotatable bonds is 23. The third-order valence-electron chi connectivity index (χ3n) is 16.1. The van der Waals surface area contributed by atoms with Crippen LogP contribution < -0.4 is 32.0 Å². The number of nitrogens with one attached hydrogen (secondary N) is 4. The number of hydrogen-bond acceptors (Lipinski definition) is 16. The number of hydrazine groups is 1. The van der Waals surface area contributed by atoms with Crippen LogP contribution in [0.1, 0.15) is 83.2 Å². The van der Waals surface area contributed by atoms with Crippen LogP contribution in [0.2, 0.25) is 0 Å². The Labute approximate surface area is 495 Å². The Morgan fingerprint density at radius 2 is 1.39 bits per heavy atom. The minimum Gasteiger partial charge on any atom is -0.458 e. The summed E-state index contributed by atoms with van der Waals surface area (Å²) in [5.74, 6) is 0.352. The summed E-state index contributed by atoms with van der Waals surface area (Å²) in [6, 6.07) is 2.59. The van der Waals surface area contributed by atoms with Crippen molar-refractivity contribution in [2.75, 3.05) is 58.5 Å². The van der Waals surface area contributed by atoms with E-state index in [1.807, 2.05) is 5.32 Å². The van der Waals surface area contributed by atoms with Gasteiger partial charge in [0.1, 0.15) is 29.8 Å². The Balaban J connectivity index is 1.26. The predicted molar refractivity (Wildman–Crippen MR) is 294 cm³/mol. The molecule has 30 heteroatoms. The number of carbonyl (C=O) groups excluding carboxylic acids is 4. The molecule has 6 N–H and O–H groups in total. The predicted octanol–water partition coefficient (Wildman–Crippen LogP) is 7.02. The molecule has 20 nitrogen and oxygen atoms in total. The van der Waals surface area contributed by atoms with Crippen LogP contribution >= 0.6 is 0 Å². The van der Waals surface area contributed by atoms with Crippen LogP contribution in [0.5, 0.6) is 0 Å². The van der Waals surface area contributed by atoms with Crippen molar-refractivity contribution in [1.82, 2.24) is 51.0 Å². The van der Waals surface area contributed by atoms with Gasteiger partial charge in [0.05, 0.1) is 68.1 Å². The van der Waals surface area contributed by atoms with E-state index in [-0.39, 0.29) is 22.4 Å². The summed E-state index contributed by atoms with van der Waals surface area (Å²) in [6.07, 6.45) is -8.97. The number of carbonyl (C=O) groups is 4. The first kappa shape index (κ1) is 67.2. The number of aromatic nitrogens is 4. The molecule has 3 aliphatic heterocycles. The summed E-state index contributed by atoms with van der Waals surface area (Å²) < 4.78 is 169. The van der Waals surface area contributed by atoms with Crippen LogP contribution in [0.4, 0.5) is 59.4 Å². The highest BCUT2D eigenvalue weighted by Crippen LogP contribution is 2.42. The topological polar surface area (TPSA) is 233 Å². The average molecular weight is 1240 g/mol. The van der Waals surface area contributed by atoms with E-state index in [0.717, 1.165) is 79.5 Å². The number of amides is 3. The van der Waals surface area contributed by atoms with E-state index in [1.54, 1.807) is 50.5 Å². The Morgan fingerprint density at radius 1 is 0.816 bits per heavy atom. The molecule has 87 heavy (non-hydrogen) atoms. The molecule has 4 aromatic rings. The van der Waals surface area contributed by atoms with E-state index < -0.39 is 127 Å². The van der Waals surface area contributed by atoms with E-state index in [1.165, 1.54) is 0 Å². The van der Waals surface area contributed by atoms with Crippen molar-refractivity contribution in [3.8, 4) is 23.1 Å². The zero-order valence-electron chi connectivity index (χ0n) is 48.9. The lowest BCUT2D eigenvalue weighted by Gasteiger charge is -2.47. The van der Waals surface area contributed by atoms with Crippen LogP contribution in [0.15, 0.2) is 61.1 Å². The number of nitrogens with zero attached hydrogens (tertiary/aromatic N) is 7. The van der Waals surface area contributed by atoms with Crippen LogP contribution in [0, 0.1) is 40.2 Å². The van der Waals surface area contributed by atoms with Crippen molar-refractivity contribution in [3.05, 3.63) is 94.9 Å². The molecule has 0 saturated carbocycles. The molecule has 0 spiro atoms. The zero-order chi connectivity index (χ0) is 63.9. The zero-order valence-corrected chi connectivity index (χ0v) is 48.9. The summed E-state index contributed by atoms with van der Waals surface area (Å²) in [5, 5.41) is 11.2. The van der Waals surface area contributed by atoms with Gasteiger partial charge in [-0.05, 0) is 88.8 Å². The largest absolute Gasteiger partial charge is 0.458 e. The number of alkyl carbamates (subject to hydrolysis) is 2. The molecule has 7 rings (SSSR count). The quantitative estimate of drug-likeness (QED) is 0.0165. The molecule has 5 heterocycles. The number of anilines is 1. The minimum absolute atomic E-state index is 0.211. The summed E-state index contributed by atoms with van der Waals surface area (Å²) in [4.78, 5) is 67.6. The third-order valence-corrected chi connectivity index (χ3v) is 16.1. The number of nitrogens with two attached hydrogens (primary N) is 1. The lowest BCUT2D eigenvalue weighted by Crippen LogP contribution is -2.63. The second-order valence-corrected chi connectivity index (χ2v) is 23.0. The van der Waals surface area contributed by atoms with Gasteiger partial charge in [-0.15, -0.1) is 0 Å². The van der Waals surface area contributed by atoms with Crippen molar-refractivity contribution in [1.29, 1.82) is 0 Å². The maximum atomic E-state index is 16.4. The van der Waals surface area contributed by atoms with Gasteiger partial charge in [0.25, 0.3) is 5.91 Å². The van der Waals surface area contributed by atoms with Crippen LogP contribution in [0.25, 0.3) is 11.3 Å². The number of fused-ring (bicyclic) bond motifs is 2. The highest BCUT2D eigenvalue weighted by atomic mass is 19.4. The number of benzene rings is 2. The molecule has 3 amide bonds. The van der Waals surface area contributed by atoms with Crippen LogP contribution in [-0.2, 0) is 41.5 Å². The lowest BCUT2D eigenvalue weighted by molar-refractivity contribution is -0.221. The van der Waals surface area contributed by atoms with E-state index in [0.29, 0.717) is 71.8 Å². The first-order valence-electron chi connectivity index (χ1n) is 27.7. The van der Waals surface area contributed by atoms with Crippen molar-refractivity contribution in [2.45, 2.75) is 135 Å². The van der Waals surface area contributed by atoms with E-state index in [4.69, 9.17) is 15.2 Å². The molecular formula is C57H70F10N12O8. The first-order chi connectivity index (χ1) is 40.8. The van der Waals surface area contributed by atoms with Gasteiger partial charge < -0.3 is 45.5 Å². The average Bonchev–Trinajstić information content (AvgIpc) is 1.94. The van der Waals surface area contributed by atoms with Crippen molar-refractivity contribution in [3.63, 3.8) is 0 Å². The van der Waals surface area contributed by atoms with Crippen LogP contribution in [-0.4, -0.2) is 168 Å². The maximum absolute atomic E-state index is 16.4. The standard InChI is InChI=1S/C57H70F10N12O8/c1-31(2)46(68)49(81)87-44(28-77(75-48(80)47(73-53(83)85-8)55(5,6)57(65,66)67)27-39-40(58)20-35(21-41(39)59)42-17-18-78(74-42)50(60)61)43(69-24-45(72-52(82)84-7)54(3,4)56(62,63)64)19-33-12-9-32(10-13-33)11-14-34-22-70-51(71-23-34)76-25-36-15-16-37(26-76)79(36)38-29-86-30-38/h9-10,12-13,17-18,20-23,31,36-38,43-47,50,69H,15-16,19,24-30,68H2,1-8H3,(H,72,82)(H,73,83)(H,75,80)/t36?,37?,43-,44-,45+,46-,47+/m0/s1. The molecule has 0 aliphatic carbocycles. The van der Waals surface area contributed by atoms with Crippen LogP contribution in [0.3, 0.4) is 0 Å². The molecule has 3 fully saturated rings. The summed E-state index contributed by atoms with van der Waals surface area (Å²) in [5.41, 5.74) is 2.33. The number of piperazine rings is 1. The van der Waals surface area contributed by atoms with E-state index in [2.05, 4.69) is 62.2 Å². The van der Waals surface area contributed by atoms with Gasteiger partial charge in [0.2, 0.25) is 5.95 Å². The first-order valence-corrected chi connectivity index (χ1v) is 27.7. The molecule has 2 aromatic heterocycles. The number of esters is 1. The second kappa shape index (κ2) is 27.8. The summed E-state index contributed by atoms with van der Waals surface area (Å²) in [7, 11) is 1.71. The van der Waals surface area contributed by atoms with Gasteiger partial charge in [-0.3, -0.25) is 19.9 Å². The Bertz CT molecular complexity index is 3060. The highest BCUT2D eigenvalue weighted by Gasteiger charge is 2.56. The molecular weight excluding hydrogens is 1170 g/mol. The SMILES string of the molecule is COC(=O)N[C@H](C(=O)NN(Cc1c(F)cc(-c2ccn(C(F)F)n2)cc1F)C[C@H](OC(=O)[C@@H](N)C(C)C)[C@H](Cc1ccc(C#Cc2cnc(N3CC4CCC(C3)N4C3COC3)nc2)cc1)NC[C@@H](NC(=O)OC)C(C)(C)C(F)(F)F)C(C)(C)C(F)(F)F. The van der Waals surface area contributed by atoms with Crippen molar-refractivity contribution >= 4 is 30.0 Å². The number of ether oxygens (including phenoxy) is 4. The number of alkyl halides is 8. The monoisotopic (exact) mass is 1240 g/mol. The Kier molecular flexibility index (Phi) is 21.5. The third kappa shape index (κ3) is 16.3. The van der Waals surface area contributed by atoms with Crippen molar-refractivity contribution < 1.29 is 82.0 Å². The summed E-state index contributed by atoms with van der Waals surface area (Å²) >= 11 is 0. The highest BCUT2D eigenvalue weighted by molar-refractivity contribution is 5.86. The molecule has 476 valence electrons. The lowest BCUT2D eigenvalue weighted by atomic mass is 9.83. The molecule has 3 aliphatic rings. The van der Waals surface area contributed by atoms with Gasteiger partial charge in [0, 0.05) is 79.6 Å². The number of halogens is 10. The summed E-state index contributed by atoms with van der Waals surface area (Å²) in [6.45, 7) is 2.76. The van der Waals surface area contributed by atoms with Gasteiger partial charge >= 0.3 is 37.1 Å². The van der Waals surface area contributed by atoms with E-state index in [9.17, 15) is 54.3 Å². The molecule has 2 unspecified atom stereocenters. The van der Waals surface area contributed by atoms with E-state index >= 15 is 8.78 Å². The normalized spacial score (nSPS) is 18.5. The fraction of sp³-hybridized carbons (Fsp3) is 0.561.